The second-order valence-corrected chi connectivity index (χ2v) is 4.96. The van der Waals surface area contributed by atoms with Crippen LogP contribution in [0.4, 0.5) is 4.39 Å². The van der Waals surface area contributed by atoms with Crippen LogP contribution in [0.5, 0.6) is 5.75 Å². The first-order chi connectivity index (χ1) is 9.45. The Morgan fingerprint density at radius 3 is 2.70 bits per heavy atom. The lowest BCUT2D eigenvalue weighted by atomic mass is 10.1. The van der Waals surface area contributed by atoms with Gasteiger partial charge in [0, 0.05) is 11.6 Å². The van der Waals surface area contributed by atoms with Crippen LogP contribution in [0.25, 0.3) is 0 Å². The van der Waals surface area contributed by atoms with E-state index in [-0.39, 0.29) is 22.4 Å². The highest BCUT2D eigenvalue weighted by molar-refractivity contribution is 6.35. The number of nitrogens with zero attached hydrogens (tertiary/aromatic N) is 2. The predicted octanol–water partition coefficient (Wildman–Crippen LogP) is 3.50. The molecule has 0 N–H and O–H groups in total. The van der Waals surface area contributed by atoms with Gasteiger partial charge in [-0.2, -0.15) is 5.10 Å². The molecule has 4 nitrogen and oxygen atoms in total. The summed E-state index contributed by atoms with van der Waals surface area (Å²) >= 11 is 5.94. The number of halogens is 2. The van der Waals surface area contributed by atoms with Crippen LogP contribution in [0.3, 0.4) is 0 Å². The number of ether oxygens (including phenoxy) is 1. The molecule has 0 bridgehead atoms. The molecule has 0 aliphatic carbocycles. The fourth-order valence-electron chi connectivity index (χ4n) is 1.90. The summed E-state index contributed by atoms with van der Waals surface area (Å²) in [5.74, 6) is -0.474. The molecule has 0 amide bonds. The lowest BCUT2D eigenvalue weighted by Gasteiger charge is -2.12. The third kappa shape index (κ3) is 2.54. The van der Waals surface area contributed by atoms with E-state index in [1.807, 2.05) is 13.8 Å². The Bertz CT molecular complexity index is 653. The molecule has 2 aromatic rings. The van der Waals surface area contributed by atoms with E-state index >= 15 is 0 Å². The van der Waals surface area contributed by atoms with Crippen LogP contribution < -0.4 is 4.74 Å². The van der Waals surface area contributed by atoms with Crippen molar-refractivity contribution in [2.45, 2.75) is 19.9 Å². The predicted molar refractivity (Wildman–Crippen MR) is 74.0 cm³/mol. The van der Waals surface area contributed by atoms with Gasteiger partial charge in [0.05, 0.1) is 18.3 Å². The smallest absolute Gasteiger partial charge is 0.216 e. The minimum atomic E-state index is -0.490. The molecule has 20 heavy (non-hydrogen) atoms. The van der Waals surface area contributed by atoms with Crippen molar-refractivity contribution in [2.75, 3.05) is 7.11 Å². The van der Waals surface area contributed by atoms with Gasteiger partial charge in [-0.15, -0.1) is 0 Å². The van der Waals surface area contributed by atoms with Gasteiger partial charge in [0.1, 0.15) is 5.82 Å². The van der Waals surface area contributed by atoms with Crippen molar-refractivity contribution in [2.24, 2.45) is 0 Å². The van der Waals surface area contributed by atoms with Gasteiger partial charge >= 0.3 is 0 Å². The van der Waals surface area contributed by atoms with Gasteiger partial charge in [0.2, 0.25) is 5.78 Å². The number of methoxy groups -OCH3 is 1. The lowest BCUT2D eigenvalue weighted by Crippen LogP contribution is -2.14. The molecule has 106 valence electrons. The molecule has 2 rings (SSSR count). The van der Waals surface area contributed by atoms with Crippen molar-refractivity contribution in [1.29, 1.82) is 0 Å². The first-order valence-corrected chi connectivity index (χ1v) is 6.44. The summed E-state index contributed by atoms with van der Waals surface area (Å²) in [4.78, 5) is 12.6. The summed E-state index contributed by atoms with van der Waals surface area (Å²) in [5.41, 5.74) is 0.518. The van der Waals surface area contributed by atoms with Crippen LogP contribution in [-0.4, -0.2) is 22.7 Å². The Morgan fingerprint density at radius 1 is 1.45 bits per heavy atom. The summed E-state index contributed by atoms with van der Waals surface area (Å²) in [6.07, 6.45) is 1.48. The standard InChI is InChI=1S/C14H14ClFN2O2/c1-8(2)18-13(12(20-3)7-17-18)14(19)10-5-4-9(16)6-11(10)15/h4-8H,1-3H3. The van der Waals surface area contributed by atoms with E-state index in [1.165, 1.54) is 25.4 Å². The van der Waals surface area contributed by atoms with Gasteiger partial charge in [-0.05, 0) is 32.0 Å². The topological polar surface area (TPSA) is 44.1 Å². The van der Waals surface area contributed by atoms with Crippen LogP contribution in [0.15, 0.2) is 24.4 Å². The quantitative estimate of drug-likeness (QED) is 0.811. The number of hydrogen-bond donors (Lipinski definition) is 0. The Hall–Kier alpha value is -1.88. The van der Waals surface area contributed by atoms with Crippen molar-refractivity contribution in [3.63, 3.8) is 0 Å². The maximum Gasteiger partial charge on any atom is 0.216 e. The van der Waals surface area contributed by atoms with E-state index < -0.39 is 5.82 Å². The van der Waals surface area contributed by atoms with E-state index in [9.17, 15) is 9.18 Å². The largest absolute Gasteiger partial charge is 0.493 e. The summed E-state index contributed by atoms with van der Waals surface area (Å²) in [6, 6.07) is 3.65. The van der Waals surface area contributed by atoms with E-state index in [0.29, 0.717) is 11.4 Å². The SMILES string of the molecule is COc1cnn(C(C)C)c1C(=O)c1ccc(F)cc1Cl. The first-order valence-electron chi connectivity index (χ1n) is 6.07. The average molecular weight is 297 g/mol. The number of rotatable bonds is 4. The number of aromatic nitrogens is 2. The molecule has 0 atom stereocenters. The van der Waals surface area contributed by atoms with Crippen LogP contribution >= 0.6 is 11.6 Å². The third-order valence-electron chi connectivity index (χ3n) is 2.86. The summed E-state index contributed by atoms with van der Waals surface area (Å²) in [5, 5.41) is 4.20. The molecule has 0 unspecified atom stereocenters. The van der Waals surface area contributed by atoms with Gasteiger partial charge < -0.3 is 4.74 Å². The molecule has 0 radical (unpaired) electrons. The molecule has 0 saturated heterocycles. The summed E-state index contributed by atoms with van der Waals surface area (Å²) in [7, 11) is 1.46. The fourth-order valence-corrected chi connectivity index (χ4v) is 2.16. The Kier molecular flexibility index (Phi) is 4.09. The first kappa shape index (κ1) is 14.5. The zero-order valence-electron chi connectivity index (χ0n) is 11.4. The number of carbonyl (C=O) groups excluding carboxylic acids is 1. The summed E-state index contributed by atoms with van der Waals surface area (Å²) in [6.45, 7) is 3.80. The monoisotopic (exact) mass is 296 g/mol. The average Bonchev–Trinajstić information content (AvgIpc) is 2.81. The van der Waals surface area contributed by atoms with Gasteiger partial charge in [-0.3, -0.25) is 9.48 Å². The van der Waals surface area contributed by atoms with Crippen LogP contribution in [-0.2, 0) is 0 Å². The van der Waals surface area contributed by atoms with Crippen molar-refractivity contribution in [1.82, 2.24) is 9.78 Å². The maximum atomic E-state index is 13.1. The molecular weight excluding hydrogens is 283 g/mol. The normalized spacial score (nSPS) is 10.9. The molecule has 1 aromatic carbocycles. The van der Waals surface area contributed by atoms with E-state index in [0.717, 1.165) is 6.07 Å². The number of ketones is 1. The second-order valence-electron chi connectivity index (χ2n) is 4.55. The Morgan fingerprint density at radius 2 is 2.15 bits per heavy atom. The number of carbonyl (C=O) groups is 1. The Labute approximate surface area is 121 Å². The lowest BCUT2D eigenvalue weighted by molar-refractivity contribution is 0.102. The van der Waals surface area contributed by atoms with Crippen LogP contribution in [0.1, 0.15) is 35.9 Å². The number of benzene rings is 1. The molecule has 0 spiro atoms. The zero-order valence-corrected chi connectivity index (χ0v) is 12.1. The van der Waals surface area contributed by atoms with Crippen LogP contribution in [0.2, 0.25) is 5.02 Å². The van der Waals surface area contributed by atoms with Gasteiger partial charge in [-0.25, -0.2) is 4.39 Å². The maximum absolute atomic E-state index is 13.1. The molecule has 0 saturated carbocycles. The molecule has 0 aliphatic rings. The third-order valence-corrected chi connectivity index (χ3v) is 3.17. The molecule has 6 heteroatoms. The minimum absolute atomic E-state index is 0.0166. The van der Waals surface area contributed by atoms with E-state index in [2.05, 4.69) is 5.10 Å². The van der Waals surface area contributed by atoms with Crippen molar-refractivity contribution in [3.8, 4) is 5.75 Å². The van der Waals surface area contributed by atoms with Gasteiger partial charge in [0.15, 0.2) is 11.4 Å². The molecule has 1 heterocycles. The molecular formula is C14H14ClFN2O2. The van der Waals surface area contributed by atoms with Gasteiger partial charge in [0.25, 0.3) is 0 Å². The van der Waals surface area contributed by atoms with E-state index in [4.69, 9.17) is 16.3 Å². The van der Waals surface area contributed by atoms with Crippen LogP contribution in [0, 0.1) is 5.82 Å². The van der Waals surface area contributed by atoms with E-state index in [1.54, 1.807) is 4.68 Å². The van der Waals surface area contributed by atoms with Crippen molar-refractivity contribution < 1.29 is 13.9 Å². The summed E-state index contributed by atoms with van der Waals surface area (Å²) < 4.78 is 19.8. The zero-order chi connectivity index (χ0) is 14.9. The Balaban J connectivity index is 2.55. The molecule has 0 aliphatic heterocycles. The highest BCUT2D eigenvalue weighted by Gasteiger charge is 2.24. The van der Waals surface area contributed by atoms with Crippen molar-refractivity contribution >= 4 is 17.4 Å². The highest BCUT2D eigenvalue weighted by atomic mass is 35.5. The van der Waals surface area contributed by atoms with Crippen molar-refractivity contribution in [3.05, 3.63) is 46.5 Å². The second kappa shape index (κ2) is 5.63. The highest BCUT2D eigenvalue weighted by Crippen LogP contribution is 2.27. The minimum Gasteiger partial charge on any atom is -0.493 e. The van der Waals surface area contributed by atoms with Gasteiger partial charge in [-0.1, -0.05) is 11.6 Å². The number of hydrogen-bond acceptors (Lipinski definition) is 3. The molecule has 0 fully saturated rings. The molecule has 1 aromatic heterocycles. The fraction of sp³-hybridized carbons (Fsp3) is 0.286.